The number of phosphoric ester groups is 1. The number of H-pyrrole nitrogens is 1. The second-order valence-corrected chi connectivity index (χ2v) is 23.4. The van der Waals surface area contributed by atoms with Crippen LogP contribution in [0.1, 0.15) is 58.4 Å². The normalized spacial score (nSPS) is 19.3. The summed E-state index contributed by atoms with van der Waals surface area (Å²) in [6.07, 6.45) is 8.07. The van der Waals surface area contributed by atoms with Gasteiger partial charge in [0.25, 0.3) is 5.56 Å². The van der Waals surface area contributed by atoms with E-state index < -0.39 is 49.5 Å². The van der Waals surface area contributed by atoms with Gasteiger partial charge in [-0.3, -0.25) is 42.7 Å². The Kier molecular flexibility index (Phi) is 20.3. The van der Waals surface area contributed by atoms with Gasteiger partial charge in [-0.2, -0.15) is 0 Å². The summed E-state index contributed by atoms with van der Waals surface area (Å²) >= 11 is 3.31. The summed E-state index contributed by atoms with van der Waals surface area (Å²) in [5.74, 6) is -0.837. The Bertz CT molecular complexity index is 3260. The highest BCUT2D eigenvalue weighted by Crippen LogP contribution is 2.49. The predicted molar refractivity (Wildman–Crippen MR) is 307 cm³/mol. The number of anilines is 2. The Morgan fingerprint density at radius 3 is 2.28 bits per heavy atom. The number of pyridine rings is 1. The number of nitrogens with zero attached hydrogens (tertiary/aromatic N) is 5. The molecule has 1 fully saturated rings. The van der Waals surface area contributed by atoms with Crippen LogP contribution in [-0.4, -0.2) is 126 Å². The molecule has 420 valence electrons. The Hall–Kier alpha value is -6.33. The van der Waals surface area contributed by atoms with Crippen LogP contribution in [0.5, 0.6) is 0 Å². The van der Waals surface area contributed by atoms with E-state index in [1.54, 1.807) is 37.4 Å². The van der Waals surface area contributed by atoms with E-state index in [9.17, 15) is 33.4 Å². The molecule has 3 aliphatic rings. The van der Waals surface area contributed by atoms with Crippen LogP contribution in [0.4, 0.5) is 11.4 Å². The molecule has 3 amide bonds. The lowest BCUT2D eigenvalue weighted by atomic mass is 10.1. The average molecular weight is 1140 g/mol. The molecule has 0 bridgehead atoms. The first-order valence-electron chi connectivity index (χ1n) is 26.3. The van der Waals surface area contributed by atoms with Crippen LogP contribution in [0.3, 0.4) is 0 Å². The minimum Gasteiger partial charge on any atom is -0.376 e. The molecule has 0 aliphatic carbocycles. The standard InChI is InChI=1S/C56H68N9O11PS2/c1-37(2)73-36-47-46(76-77(71,72)75-38(3)4)32-53(74-47)65-33-41(55(69)60-56(65)70)22-23-50(66)57-25-29-62(30-26-58-51(67)34-63-39(5)78-48-19-11-9-17-44(48)63)31-27-59-52(68)35-64-45-18-10-12-20-49(45)79-54(64)21-13-14-40-24-28-61(6)43-16-8-7-15-42(40)43/h7-24,28,33,37-39,46-47,53H,25-27,29-32,34-36H2,1-6H3,(H4-,57,58,59,60,66,67,68,69,70,71,72)/p+1/b23-22+. The van der Waals surface area contributed by atoms with Crippen molar-refractivity contribution in [2.75, 3.05) is 68.8 Å². The van der Waals surface area contributed by atoms with Crippen molar-refractivity contribution in [3.63, 3.8) is 0 Å². The number of carbonyl (C=O) groups is 3. The van der Waals surface area contributed by atoms with Gasteiger partial charge in [0, 0.05) is 79.9 Å². The second kappa shape index (κ2) is 27.2. The van der Waals surface area contributed by atoms with Gasteiger partial charge in [-0.05, 0) is 82.7 Å². The number of aromatic nitrogens is 3. The molecule has 5 heterocycles. The highest BCUT2D eigenvalue weighted by atomic mass is 32.2. The average Bonchev–Trinajstić information content (AvgIpc) is 4.21. The van der Waals surface area contributed by atoms with Crippen molar-refractivity contribution in [1.82, 2.24) is 30.4 Å². The zero-order valence-corrected chi connectivity index (χ0v) is 47.6. The van der Waals surface area contributed by atoms with E-state index in [0.29, 0.717) is 26.2 Å². The fraction of sp³-hybridized carbons (Fsp3) is 0.393. The van der Waals surface area contributed by atoms with Gasteiger partial charge >= 0.3 is 13.5 Å². The van der Waals surface area contributed by atoms with Crippen molar-refractivity contribution >= 4 is 83.5 Å². The van der Waals surface area contributed by atoms with E-state index in [2.05, 4.69) is 61.6 Å². The molecule has 23 heteroatoms. The quantitative estimate of drug-likeness (QED) is 0.0259. The number of thioether (sulfide) groups is 2. The van der Waals surface area contributed by atoms with Gasteiger partial charge in [0.1, 0.15) is 32.0 Å². The third kappa shape index (κ3) is 16.0. The summed E-state index contributed by atoms with van der Waals surface area (Å²) < 4.78 is 38.4. The van der Waals surface area contributed by atoms with Crippen molar-refractivity contribution in [2.24, 2.45) is 7.05 Å². The number of carbonyl (C=O) groups excluding carboxylic acids is 3. The lowest BCUT2D eigenvalue weighted by Crippen LogP contribution is -2.45. The molecule has 5 N–H and O–H groups in total. The zero-order chi connectivity index (χ0) is 56.2. The molecule has 79 heavy (non-hydrogen) atoms. The van der Waals surface area contributed by atoms with E-state index in [1.807, 2.05) is 110 Å². The number of allylic oxidation sites excluding steroid dienone is 2. The van der Waals surface area contributed by atoms with E-state index in [4.69, 9.17) is 18.5 Å². The van der Waals surface area contributed by atoms with Gasteiger partial charge in [0.2, 0.25) is 23.2 Å². The number of para-hydroxylation sites is 3. The smallest absolute Gasteiger partial charge is 0.376 e. The van der Waals surface area contributed by atoms with Gasteiger partial charge in [0.05, 0.1) is 58.1 Å². The van der Waals surface area contributed by atoms with Gasteiger partial charge in [0.15, 0.2) is 6.20 Å². The molecule has 3 aromatic carbocycles. The number of phosphoric acid groups is 1. The van der Waals surface area contributed by atoms with E-state index in [1.165, 1.54) is 18.3 Å². The number of ether oxygens (including phenoxy) is 2. The summed E-state index contributed by atoms with van der Waals surface area (Å²) in [5.41, 5.74) is 2.58. The van der Waals surface area contributed by atoms with Gasteiger partial charge in [-0.25, -0.2) is 13.9 Å². The van der Waals surface area contributed by atoms with Crippen LogP contribution in [0.2, 0.25) is 0 Å². The van der Waals surface area contributed by atoms with Crippen molar-refractivity contribution in [3.05, 3.63) is 146 Å². The Morgan fingerprint density at radius 2 is 1.54 bits per heavy atom. The predicted octanol–water partition coefficient (Wildman–Crippen LogP) is 5.93. The fourth-order valence-corrected chi connectivity index (χ4v) is 12.7. The third-order valence-electron chi connectivity index (χ3n) is 13.1. The molecular weight excluding hydrogens is 1070 g/mol. The van der Waals surface area contributed by atoms with Crippen LogP contribution in [0.25, 0.3) is 23.1 Å². The maximum atomic E-state index is 13.7. The van der Waals surface area contributed by atoms with Crippen molar-refractivity contribution in [1.29, 1.82) is 0 Å². The van der Waals surface area contributed by atoms with Crippen LogP contribution >= 0.6 is 31.3 Å². The lowest BCUT2D eigenvalue weighted by Gasteiger charge is -2.25. The monoisotopic (exact) mass is 1140 g/mol. The molecule has 20 nitrogen and oxygen atoms in total. The van der Waals surface area contributed by atoms with Crippen molar-refractivity contribution < 1.29 is 46.9 Å². The van der Waals surface area contributed by atoms with Crippen LogP contribution in [0, 0.1) is 0 Å². The van der Waals surface area contributed by atoms with Gasteiger partial charge in [-0.15, -0.1) is 0 Å². The van der Waals surface area contributed by atoms with Crippen LogP contribution < -0.4 is 41.6 Å². The zero-order valence-electron chi connectivity index (χ0n) is 45.1. The number of nitrogens with one attached hydrogen (secondary N) is 4. The number of benzene rings is 3. The first-order chi connectivity index (χ1) is 37.9. The summed E-state index contributed by atoms with van der Waals surface area (Å²) in [4.78, 5) is 87.3. The molecule has 0 saturated carbocycles. The molecule has 5 unspecified atom stereocenters. The minimum absolute atomic E-state index is 0.0165. The number of hydrogen-bond donors (Lipinski definition) is 5. The van der Waals surface area contributed by atoms with E-state index in [-0.39, 0.29) is 68.1 Å². The molecular formula is C56H69N9O11PS2+. The summed E-state index contributed by atoms with van der Waals surface area (Å²) in [6, 6.07) is 26.3. The Morgan fingerprint density at radius 1 is 0.873 bits per heavy atom. The van der Waals surface area contributed by atoms with Crippen LogP contribution in [0.15, 0.2) is 134 Å². The highest BCUT2D eigenvalue weighted by molar-refractivity contribution is 8.03. The molecule has 8 rings (SSSR count). The SMILES string of the molecule is CC(C)OCC1OC(n2cc(/C=C/C(=O)NCCN(CCNC(=O)CN3/C(=C/C=C/c4cc[n+](C)c5ccccc45)Sc4ccccc43)CCNC(=O)CN3c4ccccc4SC3C)c(=O)[nH]c2=O)CC1OP(=O)(O)OC(C)C. The molecule has 0 radical (unpaired) electrons. The number of rotatable bonds is 25. The molecule has 0 spiro atoms. The van der Waals surface area contributed by atoms with E-state index in [0.717, 1.165) is 47.2 Å². The van der Waals surface area contributed by atoms with Gasteiger partial charge in [-0.1, -0.05) is 72.1 Å². The number of fused-ring (bicyclic) bond motifs is 3. The second-order valence-electron chi connectivity index (χ2n) is 19.7. The minimum atomic E-state index is -4.52. The van der Waals surface area contributed by atoms with E-state index >= 15 is 0 Å². The summed E-state index contributed by atoms with van der Waals surface area (Å²) in [5, 5.41) is 11.1. The van der Waals surface area contributed by atoms with Gasteiger partial charge < -0.3 is 40.1 Å². The molecule has 1 saturated heterocycles. The number of aryl methyl sites for hydroxylation is 1. The third-order valence-corrected chi connectivity index (χ3v) is 16.6. The number of hydrogen-bond acceptors (Lipinski definition) is 15. The molecule has 2 aromatic heterocycles. The number of amides is 3. The lowest BCUT2D eigenvalue weighted by molar-refractivity contribution is -0.644. The Labute approximate surface area is 467 Å². The molecule has 3 aliphatic heterocycles. The topological polar surface area (TPSA) is 230 Å². The molecule has 5 atom stereocenters. The number of aromatic amines is 1. The summed E-state index contributed by atoms with van der Waals surface area (Å²) in [6.45, 7) is 11.1. The van der Waals surface area contributed by atoms with Crippen molar-refractivity contribution in [2.45, 2.75) is 86.8 Å². The maximum Gasteiger partial charge on any atom is 0.472 e. The molecule has 5 aromatic rings. The first kappa shape index (κ1) is 58.8. The maximum absolute atomic E-state index is 13.7. The fourth-order valence-electron chi connectivity index (χ4n) is 9.29. The Balaban J connectivity index is 0.890. The first-order valence-corrected chi connectivity index (χ1v) is 29.5. The largest absolute Gasteiger partial charge is 0.472 e. The summed E-state index contributed by atoms with van der Waals surface area (Å²) in [7, 11) is -2.49. The van der Waals surface area contributed by atoms with Crippen LogP contribution in [-0.2, 0) is 44.5 Å². The highest BCUT2D eigenvalue weighted by Gasteiger charge is 2.42. The van der Waals surface area contributed by atoms with Crippen molar-refractivity contribution in [3.8, 4) is 0 Å².